The first-order chi connectivity index (χ1) is 26.3. The summed E-state index contributed by atoms with van der Waals surface area (Å²) in [6.45, 7) is 3.88. The Bertz CT molecular complexity index is 2160. The number of fused-ring (bicyclic) bond motifs is 3. The first kappa shape index (κ1) is 39.1. The Morgan fingerprint density at radius 2 is 1.60 bits per heavy atom. The highest BCUT2D eigenvalue weighted by Gasteiger charge is 2.36. The maximum Gasteiger partial charge on any atom is 0.347 e. The molecule has 286 valence electrons. The Morgan fingerprint density at radius 1 is 0.873 bits per heavy atom. The summed E-state index contributed by atoms with van der Waals surface area (Å²) in [5.41, 5.74) is -0.780. The van der Waals surface area contributed by atoms with E-state index in [0.717, 1.165) is 49.1 Å². The number of ether oxygens (including phenoxy) is 5. The zero-order valence-corrected chi connectivity index (χ0v) is 29.5. The van der Waals surface area contributed by atoms with Crippen molar-refractivity contribution in [1.82, 2.24) is 4.90 Å². The number of benzene rings is 3. The minimum Gasteiger partial charge on any atom is -0.507 e. The normalized spacial score (nSPS) is 14.3. The number of piperidine rings is 1. The molecule has 16 nitrogen and oxygen atoms in total. The van der Waals surface area contributed by atoms with Crippen molar-refractivity contribution in [3.63, 3.8) is 0 Å². The number of allylic oxidation sites excluding steroid dienone is 2. The lowest BCUT2D eigenvalue weighted by atomic mass is 10.0. The number of likely N-dealkylation sites (tertiary alicyclic amines) is 1. The van der Waals surface area contributed by atoms with Gasteiger partial charge in [-0.3, -0.25) is 9.59 Å². The number of amides is 1. The summed E-state index contributed by atoms with van der Waals surface area (Å²) < 4.78 is 26.5. The molecule has 3 aromatic rings. The first-order valence-electron chi connectivity index (χ1n) is 16.7. The van der Waals surface area contributed by atoms with E-state index in [0.29, 0.717) is 12.2 Å². The summed E-state index contributed by atoms with van der Waals surface area (Å²) in [6, 6.07) is 6.92. The number of esters is 2. The number of aromatic carboxylic acids is 1. The van der Waals surface area contributed by atoms with E-state index in [1.54, 1.807) is 12.2 Å². The van der Waals surface area contributed by atoms with Crippen molar-refractivity contribution in [2.75, 3.05) is 19.9 Å². The second kappa shape index (κ2) is 17.2. The summed E-state index contributed by atoms with van der Waals surface area (Å²) in [6.07, 6.45) is 12.0. The first-order valence-corrected chi connectivity index (χ1v) is 16.7. The van der Waals surface area contributed by atoms with E-state index in [2.05, 4.69) is 0 Å². The van der Waals surface area contributed by atoms with Gasteiger partial charge in [-0.15, -0.1) is 0 Å². The van der Waals surface area contributed by atoms with Crippen LogP contribution in [-0.2, 0) is 25.7 Å². The quantitative estimate of drug-likeness (QED) is 0.0719. The van der Waals surface area contributed by atoms with Crippen molar-refractivity contribution in [3.8, 4) is 40.2 Å². The fourth-order valence-electron chi connectivity index (χ4n) is 5.86. The molecule has 6 rings (SSSR count). The summed E-state index contributed by atoms with van der Waals surface area (Å²) in [7, 11) is 0. The highest BCUT2D eigenvalue weighted by Crippen LogP contribution is 2.50. The number of carbonyl (C=O) groups excluding carboxylic acids is 4. The van der Waals surface area contributed by atoms with Crippen LogP contribution in [0.15, 0.2) is 54.6 Å². The predicted octanol–water partition coefficient (Wildman–Crippen LogP) is 5.23. The monoisotopic (exact) mass is 757 g/mol. The minimum absolute atomic E-state index is 0.102. The van der Waals surface area contributed by atoms with Gasteiger partial charge in [0.25, 0.3) is 0 Å². The fourth-order valence-corrected chi connectivity index (χ4v) is 5.86. The lowest BCUT2D eigenvalue weighted by Gasteiger charge is -2.25. The van der Waals surface area contributed by atoms with Crippen LogP contribution in [0, 0.1) is 13.8 Å². The molecular weight excluding hydrogens is 722 g/mol. The second-order valence-corrected chi connectivity index (χ2v) is 12.2. The summed E-state index contributed by atoms with van der Waals surface area (Å²) >= 11 is 0. The van der Waals surface area contributed by atoms with Gasteiger partial charge < -0.3 is 49.0 Å². The van der Waals surface area contributed by atoms with Crippen molar-refractivity contribution in [2.24, 2.45) is 0 Å². The number of aromatic hydroxyl groups is 2. The van der Waals surface area contributed by atoms with Gasteiger partial charge in [-0.2, -0.15) is 0 Å². The molecule has 16 heteroatoms. The fraction of sp³-hybridized carbons (Fsp3) is 0.231. The van der Waals surface area contributed by atoms with Crippen LogP contribution >= 0.6 is 0 Å². The molecule has 3 aliphatic rings. The van der Waals surface area contributed by atoms with Crippen LogP contribution in [0.25, 0.3) is 6.08 Å². The Kier molecular flexibility index (Phi) is 12.2. The molecule has 1 amide bonds. The number of hydrogen-bond donors (Lipinski definition) is 4. The van der Waals surface area contributed by atoms with E-state index in [4.69, 9.17) is 28.8 Å². The van der Waals surface area contributed by atoms with Gasteiger partial charge >= 0.3 is 23.9 Å². The number of aryl methyl sites for hydroxylation is 1. The number of phenolic OH excluding ortho intramolecular Hbond substituents is 1. The number of carboxylic acids is 2. The van der Waals surface area contributed by atoms with Gasteiger partial charge in [0.05, 0.1) is 11.1 Å². The number of carboxylic acid groups (broad SMARTS) is 2. The molecule has 0 unspecified atom stereocenters. The molecule has 3 heterocycles. The van der Waals surface area contributed by atoms with Crippen LogP contribution < -0.4 is 18.9 Å². The predicted molar refractivity (Wildman–Crippen MR) is 191 cm³/mol. The lowest BCUT2D eigenvalue weighted by Crippen LogP contribution is -2.34. The lowest BCUT2D eigenvalue weighted by molar-refractivity contribution is -0.139. The van der Waals surface area contributed by atoms with E-state index in [9.17, 15) is 44.1 Å². The smallest absolute Gasteiger partial charge is 0.347 e. The molecule has 0 saturated carbocycles. The molecule has 0 aliphatic carbocycles. The molecule has 3 aliphatic heterocycles. The molecule has 3 aromatic carbocycles. The van der Waals surface area contributed by atoms with Crippen LogP contribution in [0.3, 0.4) is 0 Å². The van der Waals surface area contributed by atoms with Crippen LogP contribution in [0.1, 0.15) is 72.6 Å². The van der Waals surface area contributed by atoms with E-state index >= 15 is 0 Å². The van der Waals surface area contributed by atoms with Gasteiger partial charge in [0, 0.05) is 36.9 Å². The Hall–Kier alpha value is -7.10. The van der Waals surface area contributed by atoms with Gasteiger partial charge in [0.2, 0.25) is 12.7 Å². The third-order valence-electron chi connectivity index (χ3n) is 8.57. The molecule has 0 bridgehead atoms. The van der Waals surface area contributed by atoms with Gasteiger partial charge in [0.1, 0.15) is 29.2 Å². The Morgan fingerprint density at radius 3 is 2.29 bits per heavy atom. The molecule has 4 N–H and O–H groups in total. The van der Waals surface area contributed by atoms with E-state index in [1.165, 1.54) is 20.3 Å². The topological polar surface area (TPSA) is 233 Å². The van der Waals surface area contributed by atoms with Gasteiger partial charge in [-0.05, 0) is 62.4 Å². The molecule has 55 heavy (non-hydrogen) atoms. The summed E-state index contributed by atoms with van der Waals surface area (Å²) in [4.78, 5) is 72.5. The van der Waals surface area contributed by atoms with Gasteiger partial charge in [-0.25, -0.2) is 19.2 Å². The number of nitrogens with zero attached hydrogens (tertiary/aromatic N) is 1. The maximum absolute atomic E-state index is 12.9. The van der Waals surface area contributed by atoms with Crippen LogP contribution in [0.2, 0.25) is 0 Å². The van der Waals surface area contributed by atoms with Crippen molar-refractivity contribution in [2.45, 2.75) is 39.7 Å². The number of aldehydes is 1. The Labute approximate surface area is 313 Å². The van der Waals surface area contributed by atoms with Crippen molar-refractivity contribution in [1.29, 1.82) is 0 Å². The van der Waals surface area contributed by atoms with E-state index < -0.39 is 70.2 Å². The molecular formula is C39H35NO15. The number of rotatable bonds is 9. The van der Waals surface area contributed by atoms with E-state index in [-0.39, 0.29) is 41.4 Å². The van der Waals surface area contributed by atoms with Gasteiger partial charge in [0.15, 0.2) is 35.0 Å². The standard InChI is InChI=1S/C22H16O12.C17H19NO3/c1-8-5-12(24)10(6-23)19-15(8)22(31)34-20-11(7-32-14(27)4-3-13(25)26)17(28)16(21(29)30)9(2)18(20)33-19;19-17(18-10-4-1-5-11-18)7-3-2-6-14-8-9-15-16(12-14)21-13-20-15/h3-6,24,28H,7H2,1-2H3,(H,25,26)(H,29,30);2-3,6-9,12H,1,4-5,10-11,13H2. The highest BCUT2D eigenvalue weighted by atomic mass is 16.7. The average molecular weight is 758 g/mol. The van der Waals surface area contributed by atoms with Crippen LogP contribution in [-0.4, -0.2) is 81.3 Å². The maximum atomic E-state index is 12.9. The second-order valence-electron chi connectivity index (χ2n) is 12.2. The minimum atomic E-state index is -1.60. The Balaban J connectivity index is 0.000000235. The van der Waals surface area contributed by atoms with Crippen LogP contribution in [0.5, 0.6) is 40.2 Å². The van der Waals surface area contributed by atoms with Crippen molar-refractivity contribution >= 4 is 42.1 Å². The highest BCUT2D eigenvalue weighted by molar-refractivity contribution is 6.03. The molecule has 1 saturated heterocycles. The summed E-state index contributed by atoms with van der Waals surface area (Å²) in [5, 5.41) is 38.9. The molecule has 0 spiro atoms. The van der Waals surface area contributed by atoms with Crippen molar-refractivity contribution in [3.05, 3.63) is 93.6 Å². The molecule has 1 fully saturated rings. The third kappa shape index (κ3) is 8.93. The number of phenols is 2. The van der Waals surface area contributed by atoms with Crippen molar-refractivity contribution < 1.29 is 72.9 Å². The SMILES string of the molecule is Cc1cc(O)c(C=O)c2c1C(=O)Oc1c(COC(=O)C=CC(=O)O)c(O)c(C(=O)O)c(C)c1O2.O=C(C=CC=Cc1ccc2c(c1)OCO2)N1CCCCC1. The number of hydrogen-bond acceptors (Lipinski definition) is 13. The average Bonchev–Trinajstić information content (AvgIpc) is 3.56. The molecule has 0 radical (unpaired) electrons. The summed E-state index contributed by atoms with van der Waals surface area (Å²) in [5.74, 6) is -6.26. The zero-order valence-electron chi connectivity index (χ0n) is 29.5. The largest absolute Gasteiger partial charge is 0.507 e. The number of aliphatic carboxylic acids is 1. The number of carbonyl (C=O) groups is 6. The third-order valence-corrected chi connectivity index (χ3v) is 8.57. The van der Waals surface area contributed by atoms with Gasteiger partial charge in [-0.1, -0.05) is 24.3 Å². The molecule has 0 aromatic heterocycles. The zero-order chi connectivity index (χ0) is 39.8. The van der Waals surface area contributed by atoms with E-state index in [1.807, 2.05) is 35.3 Å². The molecule has 0 atom stereocenters. The van der Waals surface area contributed by atoms with Crippen LogP contribution in [0.4, 0.5) is 0 Å².